The molecule has 0 saturated heterocycles. The molecule has 0 aliphatic rings. The first kappa shape index (κ1) is 12.9. The van der Waals surface area contributed by atoms with Crippen LogP contribution in [0.15, 0.2) is 18.2 Å². The van der Waals surface area contributed by atoms with E-state index >= 15 is 0 Å². The lowest BCUT2D eigenvalue weighted by molar-refractivity contribution is 0.0878. The number of aryl methyl sites for hydroxylation is 2. The van der Waals surface area contributed by atoms with E-state index in [9.17, 15) is 4.79 Å². The van der Waals surface area contributed by atoms with Crippen LogP contribution in [0.1, 0.15) is 41.3 Å². The molecule has 0 N–H and O–H groups in total. The topological polar surface area (TPSA) is 26.3 Å². The number of carbonyl (C=O) groups excluding carboxylic acids is 1. The molecular weight excluding hydrogens is 200 g/mol. The van der Waals surface area contributed by atoms with Gasteiger partial charge in [-0.2, -0.15) is 0 Å². The van der Waals surface area contributed by atoms with E-state index in [1.54, 1.807) is 0 Å². The fourth-order valence-corrected chi connectivity index (χ4v) is 1.69. The molecular formula is C14H20O2. The van der Waals surface area contributed by atoms with Gasteiger partial charge < -0.3 is 4.74 Å². The van der Waals surface area contributed by atoms with Crippen molar-refractivity contribution in [1.29, 1.82) is 0 Å². The number of ketones is 1. The van der Waals surface area contributed by atoms with Gasteiger partial charge in [0.25, 0.3) is 0 Å². The smallest absolute Gasteiger partial charge is 0.165 e. The Labute approximate surface area is 97.6 Å². The Hall–Kier alpha value is -1.15. The Bertz CT molecular complexity index is 336. The summed E-state index contributed by atoms with van der Waals surface area (Å²) in [4.78, 5) is 11.8. The van der Waals surface area contributed by atoms with E-state index in [1.807, 2.05) is 26.0 Å². The third-order valence-electron chi connectivity index (χ3n) is 2.37. The average Bonchev–Trinajstić information content (AvgIpc) is 2.22. The lowest BCUT2D eigenvalue weighted by atomic mass is 10.0. The third-order valence-corrected chi connectivity index (χ3v) is 2.37. The second kappa shape index (κ2) is 6.44. The number of hydrogen-bond donors (Lipinski definition) is 0. The van der Waals surface area contributed by atoms with Crippen molar-refractivity contribution in [2.75, 3.05) is 13.2 Å². The Morgan fingerprint density at radius 2 is 1.75 bits per heavy atom. The van der Waals surface area contributed by atoms with Crippen molar-refractivity contribution in [1.82, 2.24) is 0 Å². The molecule has 0 spiro atoms. The van der Waals surface area contributed by atoms with Crippen molar-refractivity contribution >= 4 is 5.78 Å². The van der Waals surface area contributed by atoms with Crippen molar-refractivity contribution in [2.45, 2.75) is 33.6 Å². The number of carbonyl (C=O) groups is 1. The molecule has 88 valence electrons. The van der Waals surface area contributed by atoms with Gasteiger partial charge in [-0.15, -0.1) is 0 Å². The maximum absolute atomic E-state index is 11.8. The molecule has 2 nitrogen and oxygen atoms in total. The minimum Gasteiger partial charge on any atom is -0.381 e. The van der Waals surface area contributed by atoms with Crippen molar-refractivity contribution in [2.24, 2.45) is 0 Å². The lowest BCUT2D eigenvalue weighted by Gasteiger charge is -2.05. The first-order valence-electron chi connectivity index (χ1n) is 5.82. The zero-order chi connectivity index (χ0) is 12.0. The summed E-state index contributed by atoms with van der Waals surface area (Å²) in [6, 6.07) is 5.95. The first-order valence-corrected chi connectivity index (χ1v) is 5.82. The van der Waals surface area contributed by atoms with Gasteiger partial charge in [-0.1, -0.05) is 24.1 Å². The van der Waals surface area contributed by atoms with Gasteiger partial charge in [-0.25, -0.2) is 0 Å². The Balaban J connectivity index is 2.52. The zero-order valence-electron chi connectivity index (χ0n) is 10.4. The molecule has 0 aliphatic carbocycles. The number of hydrogen-bond acceptors (Lipinski definition) is 2. The van der Waals surface area contributed by atoms with E-state index in [-0.39, 0.29) is 5.78 Å². The van der Waals surface area contributed by atoms with E-state index in [2.05, 4.69) is 13.0 Å². The molecule has 0 unspecified atom stereocenters. The minimum atomic E-state index is 0.169. The van der Waals surface area contributed by atoms with Gasteiger partial charge in [0.1, 0.15) is 0 Å². The quantitative estimate of drug-likeness (QED) is 0.543. The summed E-state index contributed by atoms with van der Waals surface area (Å²) in [5, 5.41) is 0. The predicted octanol–water partition coefficient (Wildman–Crippen LogP) is 3.30. The van der Waals surface area contributed by atoms with Crippen molar-refractivity contribution < 1.29 is 9.53 Å². The van der Waals surface area contributed by atoms with Gasteiger partial charge in [-0.05, 0) is 32.4 Å². The molecule has 0 aromatic heterocycles. The molecule has 0 amide bonds. The molecule has 0 radical (unpaired) electrons. The Kier molecular flexibility index (Phi) is 5.20. The molecule has 0 atom stereocenters. The maximum Gasteiger partial charge on any atom is 0.165 e. The molecule has 0 heterocycles. The molecule has 16 heavy (non-hydrogen) atoms. The highest BCUT2D eigenvalue weighted by Crippen LogP contribution is 2.11. The number of ether oxygens (including phenoxy) is 1. The fraction of sp³-hybridized carbons (Fsp3) is 0.500. The van der Waals surface area contributed by atoms with Crippen LogP contribution in [0.25, 0.3) is 0 Å². The SMILES string of the molecule is CCCOCCC(=O)c1cc(C)cc(C)c1. The molecule has 1 aromatic rings. The second-order valence-corrected chi connectivity index (χ2v) is 4.16. The van der Waals surface area contributed by atoms with Crippen LogP contribution in [-0.4, -0.2) is 19.0 Å². The van der Waals surface area contributed by atoms with Gasteiger partial charge in [0.15, 0.2) is 5.78 Å². The van der Waals surface area contributed by atoms with Crippen LogP contribution in [-0.2, 0) is 4.74 Å². The minimum absolute atomic E-state index is 0.169. The molecule has 2 heteroatoms. The second-order valence-electron chi connectivity index (χ2n) is 4.16. The van der Waals surface area contributed by atoms with E-state index in [0.29, 0.717) is 13.0 Å². The summed E-state index contributed by atoms with van der Waals surface area (Å²) in [6.07, 6.45) is 1.47. The summed E-state index contributed by atoms with van der Waals surface area (Å²) in [6.45, 7) is 7.35. The van der Waals surface area contributed by atoms with Crippen molar-refractivity contribution in [3.05, 3.63) is 34.9 Å². The molecule has 0 bridgehead atoms. The fourth-order valence-electron chi connectivity index (χ4n) is 1.69. The monoisotopic (exact) mass is 220 g/mol. The van der Waals surface area contributed by atoms with Crippen LogP contribution in [0.2, 0.25) is 0 Å². The van der Waals surface area contributed by atoms with Gasteiger partial charge in [0.05, 0.1) is 6.61 Å². The van der Waals surface area contributed by atoms with Gasteiger partial charge in [-0.3, -0.25) is 4.79 Å². The Morgan fingerprint density at radius 3 is 2.31 bits per heavy atom. The summed E-state index contributed by atoms with van der Waals surface area (Å²) in [7, 11) is 0. The zero-order valence-corrected chi connectivity index (χ0v) is 10.4. The Morgan fingerprint density at radius 1 is 1.12 bits per heavy atom. The number of benzene rings is 1. The normalized spacial score (nSPS) is 10.4. The highest BCUT2D eigenvalue weighted by Gasteiger charge is 2.06. The van der Waals surface area contributed by atoms with Crippen LogP contribution < -0.4 is 0 Å². The molecule has 0 saturated carbocycles. The summed E-state index contributed by atoms with van der Waals surface area (Å²) in [5.74, 6) is 0.169. The number of Topliss-reactive ketones (excluding diaryl/α,β-unsaturated/α-hetero) is 1. The van der Waals surface area contributed by atoms with Crippen LogP contribution in [0.5, 0.6) is 0 Å². The summed E-state index contributed by atoms with van der Waals surface area (Å²) >= 11 is 0. The van der Waals surface area contributed by atoms with Crippen molar-refractivity contribution in [3.63, 3.8) is 0 Å². The van der Waals surface area contributed by atoms with Gasteiger partial charge >= 0.3 is 0 Å². The van der Waals surface area contributed by atoms with Crippen LogP contribution in [0.3, 0.4) is 0 Å². The molecule has 0 aliphatic heterocycles. The molecule has 0 fully saturated rings. The van der Waals surface area contributed by atoms with E-state index in [4.69, 9.17) is 4.74 Å². The highest BCUT2D eigenvalue weighted by atomic mass is 16.5. The van der Waals surface area contributed by atoms with E-state index in [0.717, 1.165) is 29.7 Å². The molecule has 1 rings (SSSR count). The molecule has 1 aromatic carbocycles. The van der Waals surface area contributed by atoms with Crippen molar-refractivity contribution in [3.8, 4) is 0 Å². The predicted molar refractivity (Wildman–Crippen MR) is 66.0 cm³/mol. The van der Waals surface area contributed by atoms with Crippen LogP contribution in [0, 0.1) is 13.8 Å². The number of rotatable bonds is 6. The summed E-state index contributed by atoms with van der Waals surface area (Å²) < 4.78 is 5.31. The largest absolute Gasteiger partial charge is 0.381 e. The third kappa shape index (κ3) is 4.15. The maximum atomic E-state index is 11.8. The van der Waals surface area contributed by atoms with Crippen LogP contribution in [0.4, 0.5) is 0 Å². The standard InChI is InChI=1S/C14H20O2/c1-4-6-16-7-5-14(15)13-9-11(2)8-12(3)10-13/h8-10H,4-7H2,1-3H3. The first-order chi connectivity index (χ1) is 7.63. The highest BCUT2D eigenvalue weighted by molar-refractivity contribution is 5.96. The van der Waals surface area contributed by atoms with Crippen LogP contribution >= 0.6 is 0 Å². The average molecular weight is 220 g/mol. The summed E-state index contributed by atoms with van der Waals surface area (Å²) in [5.41, 5.74) is 3.08. The van der Waals surface area contributed by atoms with E-state index < -0.39 is 0 Å². The van der Waals surface area contributed by atoms with E-state index in [1.165, 1.54) is 0 Å². The lowest BCUT2D eigenvalue weighted by Crippen LogP contribution is -2.06. The van der Waals surface area contributed by atoms with Gasteiger partial charge in [0, 0.05) is 18.6 Å². The van der Waals surface area contributed by atoms with Gasteiger partial charge in [0.2, 0.25) is 0 Å².